The van der Waals surface area contributed by atoms with Crippen LogP contribution in [-0.4, -0.2) is 19.8 Å². The minimum Gasteiger partial charge on any atom is -0.497 e. The molecule has 2 heteroatoms. The van der Waals surface area contributed by atoms with Crippen molar-refractivity contribution in [2.24, 2.45) is 23.7 Å². The third-order valence-electron chi connectivity index (χ3n) is 7.35. The Morgan fingerprint density at radius 3 is 2.44 bits per heavy atom. The van der Waals surface area contributed by atoms with Crippen LogP contribution in [0.25, 0.3) is 0 Å². The summed E-state index contributed by atoms with van der Waals surface area (Å²) in [6.07, 6.45) is 12.9. The smallest absolute Gasteiger partial charge is 0.119 e. The molecular formula is C23H34O2. The van der Waals surface area contributed by atoms with Crippen molar-refractivity contribution in [2.45, 2.75) is 70.8 Å². The van der Waals surface area contributed by atoms with E-state index in [1.54, 1.807) is 12.7 Å². The fraction of sp³-hybridized carbons (Fsp3) is 0.739. The second-order valence-electron chi connectivity index (χ2n) is 8.62. The van der Waals surface area contributed by atoms with Crippen LogP contribution in [0.5, 0.6) is 5.75 Å². The number of hydrogen-bond donors (Lipinski definition) is 0. The largest absolute Gasteiger partial charge is 0.497 e. The molecule has 5 atom stereocenters. The highest BCUT2D eigenvalue weighted by atomic mass is 16.5. The van der Waals surface area contributed by atoms with Crippen molar-refractivity contribution in [3.63, 3.8) is 0 Å². The van der Waals surface area contributed by atoms with E-state index in [9.17, 15) is 0 Å². The number of benzene rings is 1. The molecule has 2 nitrogen and oxygen atoms in total. The number of aryl methyl sites for hydroxylation is 1. The highest BCUT2D eigenvalue weighted by molar-refractivity contribution is 5.37. The highest BCUT2D eigenvalue weighted by Crippen LogP contribution is 2.47. The van der Waals surface area contributed by atoms with Gasteiger partial charge >= 0.3 is 0 Å². The van der Waals surface area contributed by atoms with E-state index in [0.29, 0.717) is 6.10 Å². The van der Waals surface area contributed by atoms with Gasteiger partial charge in [-0.15, -0.1) is 0 Å². The molecule has 0 N–H and O–H groups in total. The summed E-state index contributed by atoms with van der Waals surface area (Å²) in [5.41, 5.74) is 3.11. The molecule has 4 rings (SSSR count). The van der Waals surface area contributed by atoms with E-state index in [-0.39, 0.29) is 0 Å². The number of rotatable bonds is 4. The van der Waals surface area contributed by atoms with Gasteiger partial charge in [0.25, 0.3) is 0 Å². The molecule has 2 saturated carbocycles. The second kappa shape index (κ2) is 7.70. The molecule has 0 aliphatic heterocycles. The van der Waals surface area contributed by atoms with Crippen LogP contribution in [0, 0.1) is 23.7 Å². The third kappa shape index (κ3) is 3.74. The Labute approximate surface area is 153 Å². The molecule has 3 aliphatic rings. The van der Waals surface area contributed by atoms with Gasteiger partial charge in [-0.2, -0.15) is 0 Å². The predicted octanol–water partition coefficient (Wildman–Crippen LogP) is 5.42. The van der Waals surface area contributed by atoms with Crippen molar-refractivity contribution in [2.75, 3.05) is 13.7 Å². The van der Waals surface area contributed by atoms with E-state index in [4.69, 9.17) is 9.47 Å². The van der Waals surface area contributed by atoms with Gasteiger partial charge in [0.05, 0.1) is 13.2 Å². The molecule has 2 fully saturated rings. The molecule has 25 heavy (non-hydrogen) atoms. The van der Waals surface area contributed by atoms with Gasteiger partial charge in [-0.3, -0.25) is 0 Å². The molecule has 0 heterocycles. The van der Waals surface area contributed by atoms with Crippen LogP contribution in [0.3, 0.4) is 0 Å². The molecule has 0 saturated heterocycles. The molecule has 0 amide bonds. The van der Waals surface area contributed by atoms with Crippen LogP contribution in [0.2, 0.25) is 0 Å². The zero-order chi connectivity index (χ0) is 17.2. The predicted molar refractivity (Wildman–Crippen MR) is 102 cm³/mol. The Balaban J connectivity index is 1.36. The first-order valence-corrected chi connectivity index (χ1v) is 10.5. The standard InChI is InChI=1S/C23H34O2/c1-3-25-23-11-9-19-13-17(5-7-21(19)15-23)16-4-6-20-14-22(24-2)10-8-18(20)12-16/h8,10,14,16-17,19,21,23H,3-7,9,11-13,15H2,1-2H3/t16?,17?,19-,21?,23-/m1/s1. The van der Waals surface area contributed by atoms with Gasteiger partial charge in [-0.1, -0.05) is 6.07 Å². The van der Waals surface area contributed by atoms with E-state index >= 15 is 0 Å². The van der Waals surface area contributed by atoms with Crippen LogP contribution >= 0.6 is 0 Å². The molecule has 0 bridgehead atoms. The van der Waals surface area contributed by atoms with Crippen molar-refractivity contribution in [1.82, 2.24) is 0 Å². The molecular weight excluding hydrogens is 308 g/mol. The Morgan fingerprint density at radius 2 is 1.64 bits per heavy atom. The summed E-state index contributed by atoms with van der Waals surface area (Å²) in [5.74, 6) is 4.81. The Hall–Kier alpha value is -1.02. The van der Waals surface area contributed by atoms with Gasteiger partial charge in [0.15, 0.2) is 0 Å². The van der Waals surface area contributed by atoms with E-state index in [1.165, 1.54) is 63.4 Å². The maximum Gasteiger partial charge on any atom is 0.119 e. The monoisotopic (exact) mass is 342 g/mol. The average Bonchev–Trinajstić information content (AvgIpc) is 2.67. The Kier molecular flexibility index (Phi) is 5.36. The van der Waals surface area contributed by atoms with Crippen molar-refractivity contribution in [3.05, 3.63) is 29.3 Å². The summed E-state index contributed by atoms with van der Waals surface area (Å²) in [4.78, 5) is 0. The van der Waals surface area contributed by atoms with Gasteiger partial charge < -0.3 is 9.47 Å². The third-order valence-corrected chi connectivity index (χ3v) is 7.35. The zero-order valence-electron chi connectivity index (χ0n) is 16.0. The first-order chi connectivity index (χ1) is 12.3. The molecule has 3 unspecified atom stereocenters. The lowest BCUT2D eigenvalue weighted by atomic mass is 9.62. The summed E-state index contributed by atoms with van der Waals surface area (Å²) in [7, 11) is 1.77. The van der Waals surface area contributed by atoms with Crippen molar-refractivity contribution >= 4 is 0 Å². The lowest BCUT2D eigenvalue weighted by Crippen LogP contribution is -2.37. The number of hydrogen-bond acceptors (Lipinski definition) is 2. The van der Waals surface area contributed by atoms with Crippen molar-refractivity contribution in [1.29, 1.82) is 0 Å². The fourth-order valence-corrected chi connectivity index (χ4v) is 5.99. The summed E-state index contributed by atoms with van der Waals surface area (Å²) in [5, 5.41) is 0. The maximum atomic E-state index is 5.92. The summed E-state index contributed by atoms with van der Waals surface area (Å²) < 4.78 is 11.3. The van der Waals surface area contributed by atoms with Gasteiger partial charge in [-0.25, -0.2) is 0 Å². The summed E-state index contributed by atoms with van der Waals surface area (Å²) in [6.45, 7) is 3.02. The van der Waals surface area contributed by atoms with Crippen molar-refractivity contribution < 1.29 is 9.47 Å². The van der Waals surface area contributed by atoms with Crippen LogP contribution < -0.4 is 4.74 Å². The van der Waals surface area contributed by atoms with Gasteiger partial charge in [0, 0.05) is 6.61 Å². The quantitative estimate of drug-likeness (QED) is 0.727. The Bertz CT molecular complexity index is 581. The van der Waals surface area contributed by atoms with Crippen LogP contribution in [0.1, 0.15) is 63.0 Å². The molecule has 1 aromatic carbocycles. The minimum absolute atomic E-state index is 0.555. The summed E-state index contributed by atoms with van der Waals surface area (Å²) in [6, 6.07) is 6.73. The molecule has 0 radical (unpaired) electrons. The molecule has 1 aromatic rings. The first kappa shape index (κ1) is 17.4. The first-order valence-electron chi connectivity index (χ1n) is 10.5. The molecule has 0 aromatic heterocycles. The summed E-state index contributed by atoms with van der Waals surface area (Å²) >= 11 is 0. The molecule has 3 aliphatic carbocycles. The average molecular weight is 343 g/mol. The lowest BCUT2D eigenvalue weighted by Gasteiger charge is -2.44. The number of fused-ring (bicyclic) bond motifs is 2. The van der Waals surface area contributed by atoms with Crippen LogP contribution in [0.15, 0.2) is 18.2 Å². The zero-order valence-corrected chi connectivity index (χ0v) is 16.0. The fourth-order valence-electron chi connectivity index (χ4n) is 5.99. The normalized spacial score (nSPS) is 34.9. The van der Waals surface area contributed by atoms with Crippen LogP contribution in [-0.2, 0) is 17.6 Å². The van der Waals surface area contributed by atoms with E-state index < -0.39 is 0 Å². The van der Waals surface area contributed by atoms with E-state index in [1.807, 2.05) is 0 Å². The van der Waals surface area contributed by atoms with Gasteiger partial charge in [0.2, 0.25) is 0 Å². The topological polar surface area (TPSA) is 18.5 Å². The molecule has 138 valence electrons. The van der Waals surface area contributed by atoms with Crippen molar-refractivity contribution in [3.8, 4) is 5.75 Å². The molecule has 0 spiro atoms. The second-order valence-corrected chi connectivity index (χ2v) is 8.62. The van der Waals surface area contributed by atoms with Gasteiger partial charge in [0.1, 0.15) is 5.75 Å². The van der Waals surface area contributed by atoms with E-state index in [0.717, 1.165) is 36.0 Å². The maximum absolute atomic E-state index is 5.92. The highest BCUT2D eigenvalue weighted by Gasteiger charge is 2.38. The SMILES string of the molecule is CCO[C@@H]1CC[C@@H]2CC(C3CCc4cc(OC)ccc4C3)CCC2C1. The number of ether oxygens (including phenoxy) is 2. The van der Waals surface area contributed by atoms with E-state index in [2.05, 4.69) is 25.1 Å². The Morgan fingerprint density at radius 1 is 0.880 bits per heavy atom. The van der Waals surface area contributed by atoms with Gasteiger partial charge in [-0.05, 0) is 112 Å². The number of methoxy groups -OCH3 is 1. The van der Waals surface area contributed by atoms with Crippen LogP contribution in [0.4, 0.5) is 0 Å². The lowest BCUT2D eigenvalue weighted by molar-refractivity contribution is -0.0192. The minimum atomic E-state index is 0.555.